The number of rotatable bonds is 4. The first kappa shape index (κ1) is 10.4. The van der Waals surface area contributed by atoms with Crippen LogP contribution in [0, 0.1) is 5.92 Å². The van der Waals surface area contributed by atoms with E-state index in [1.807, 2.05) is 10.8 Å². The highest BCUT2D eigenvalue weighted by atomic mass is 16.1. The van der Waals surface area contributed by atoms with Gasteiger partial charge < -0.3 is 10.3 Å². The summed E-state index contributed by atoms with van der Waals surface area (Å²) in [4.78, 5) is 16.1. The highest BCUT2D eigenvalue weighted by Gasteiger charge is 2.25. The van der Waals surface area contributed by atoms with Gasteiger partial charge in [-0.25, -0.2) is 4.98 Å². The topological polar surface area (TPSA) is 60.9 Å². The van der Waals surface area contributed by atoms with Crippen molar-refractivity contribution in [3.63, 3.8) is 0 Å². The van der Waals surface area contributed by atoms with Gasteiger partial charge in [0.15, 0.2) is 5.78 Å². The molecule has 0 aromatic carbocycles. The molecule has 4 heteroatoms. The molecule has 0 aliphatic heterocycles. The number of nitrogens with two attached hydrogens (primary N) is 1. The molecule has 1 aromatic heterocycles. The highest BCUT2D eigenvalue weighted by Crippen LogP contribution is 2.27. The van der Waals surface area contributed by atoms with Crippen LogP contribution >= 0.6 is 0 Å². The molecule has 0 spiro atoms. The van der Waals surface area contributed by atoms with E-state index in [-0.39, 0.29) is 11.7 Å². The molecule has 1 saturated carbocycles. The van der Waals surface area contributed by atoms with E-state index in [0.717, 1.165) is 19.4 Å². The first-order chi connectivity index (χ1) is 7.31. The second kappa shape index (κ2) is 4.57. The van der Waals surface area contributed by atoms with Crippen LogP contribution in [0.2, 0.25) is 0 Å². The third-order valence-electron chi connectivity index (χ3n) is 3.00. The first-order valence-electron chi connectivity index (χ1n) is 5.57. The minimum atomic E-state index is 0.211. The van der Waals surface area contributed by atoms with Crippen molar-refractivity contribution in [1.82, 2.24) is 9.55 Å². The molecule has 0 saturated heterocycles. The van der Waals surface area contributed by atoms with Gasteiger partial charge in [-0.05, 0) is 12.8 Å². The lowest BCUT2D eigenvalue weighted by atomic mass is 10.0. The maximum atomic E-state index is 12.0. The zero-order valence-electron chi connectivity index (χ0n) is 8.85. The van der Waals surface area contributed by atoms with Gasteiger partial charge in [0, 0.05) is 25.2 Å². The summed E-state index contributed by atoms with van der Waals surface area (Å²) in [5.41, 5.74) is 6.04. The van der Waals surface area contributed by atoms with Crippen molar-refractivity contribution in [2.45, 2.75) is 32.2 Å². The van der Waals surface area contributed by atoms with Crippen molar-refractivity contribution in [3.8, 4) is 0 Å². The summed E-state index contributed by atoms with van der Waals surface area (Å²) in [5, 5.41) is 0. The zero-order valence-corrected chi connectivity index (χ0v) is 8.85. The lowest BCUT2D eigenvalue weighted by molar-refractivity contribution is 0.0918. The van der Waals surface area contributed by atoms with Crippen LogP contribution in [0.1, 0.15) is 36.2 Å². The molecule has 1 aliphatic rings. The van der Waals surface area contributed by atoms with Crippen molar-refractivity contribution < 1.29 is 4.79 Å². The number of hydrogen-bond acceptors (Lipinski definition) is 3. The summed E-state index contributed by atoms with van der Waals surface area (Å²) < 4.78 is 1.88. The summed E-state index contributed by atoms with van der Waals surface area (Å²) in [6, 6.07) is 0. The minimum Gasteiger partial charge on any atom is -0.335 e. The van der Waals surface area contributed by atoms with Gasteiger partial charge >= 0.3 is 0 Å². The summed E-state index contributed by atoms with van der Waals surface area (Å²) >= 11 is 0. The van der Waals surface area contributed by atoms with Crippen molar-refractivity contribution in [3.05, 3.63) is 18.2 Å². The standard InChI is InChI=1S/C11H17N3O/c12-5-6-14-7-10(13-8-14)11(15)9-3-1-2-4-9/h7-9H,1-6,12H2. The predicted molar refractivity (Wildman–Crippen MR) is 57.6 cm³/mol. The summed E-state index contributed by atoms with van der Waals surface area (Å²) in [6.45, 7) is 1.30. The largest absolute Gasteiger partial charge is 0.335 e. The molecule has 82 valence electrons. The van der Waals surface area contributed by atoms with Crippen LogP contribution in [0.15, 0.2) is 12.5 Å². The molecule has 0 radical (unpaired) electrons. The third-order valence-corrected chi connectivity index (χ3v) is 3.00. The summed E-state index contributed by atoms with van der Waals surface area (Å²) in [7, 11) is 0. The molecule has 2 N–H and O–H groups in total. The van der Waals surface area contributed by atoms with E-state index in [1.54, 1.807) is 6.33 Å². The molecule has 0 amide bonds. The smallest absolute Gasteiger partial charge is 0.185 e. The van der Waals surface area contributed by atoms with Gasteiger partial charge in [-0.1, -0.05) is 12.8 Å². The molecule has 15 heavy (non-hydrogen) atoms. The lowest BCUT2D eigenvalue weighted by Gasteiger charge is -2.03. The number of imidazole rings is 1. The third kappa shape index (κ3) is 2.26. The van der Waals surface area contributed by atoms with Crippen LogP contribution < -0.4 is 5.73 Å². The number of carbonyl (C=O) groups excluding carboxylic acids is 1. The Balaban J connectivity index is 2.04. The molecular weight excluding hydrogens is 190 g/mol. The molecule has 0 bridgehead atoms. The average molecular weight is 207 g/mol. The molecule has 0 unspecified atom stereocenters. The van der Waals surface area contributed by atoms with Gasteiger partial charge in [0.2, 0.25) is 0 Å². The van der Waals surface area contributed by atoms with Crippen LogP contribution in [0.5, 0.6) is 0 Å². The number of Topliss-reactive ketones (excluding diaryl/α,β-unsaturated/α-hetero) is 1. The van der Waals surface area contributed by atoms with E-state index in [1.165, 1.54) is 12.8 Å². The molecule has 1 fully saturated rings. The molecule has 2 rings (SSSR count). The van der Waals surface area contributed by atoms with Crippen molar-refractivity contribution in [2.75, 3.05) is 6.54 Å². The van der Waals surface area contributed by atoms with Gasteiger partial charge in [-0.3, -0.25) is 4.79 Å². The Morgan fingerprint density at radius 1 is 1.53 bits per heavy atom. The first-order valence-corrected chi connectivity index (χ1v) is 5.57. The molecule has 4 nitrogen and oxygen atoms in total. The summed E-state index contributed by atoms with van der Waals surface area (Å²) in [5.74, 6) is 0.425. The van der Waals surface area contributed by atoms with Crippen molar-refractivity contribution in [2.24, 2.45) is 11.7 Å². The van der Waals surface area contributed by atoms with Gasteiger partial charge in [0.1, 0.15) is 5.69 Å². The van der Waals surface area contributed by atoms with Gasteiger partial charge in [0.25, 0.3) is 0 Å². The van der Waals surface area contributed by atoms with E-state index < -0.39 is 0 Å². The van der Waals surface area contributed by atoms with Crippen LogP contribution in [0.4, 0.5) is 0 Å². The normalized spacial score (nSPS) is 17.1. The maximum Gasteiger partial charge on any atom is 0.185 e. The fraction of sp³-hybridized carbons (Fsp3) is 0.636. The van der Waals surface area contributed by atoms with Crippen LogP contribution in [-0.4, -0.2) is 21.9 Å². The molecular formula is C11H17N3O. The SMILES string of the molecule is NCCn1cnc(C(=O)C2CCCC2)c1. The Hall–Kier alpha value is -1.16. The second-order valence-electron chi connectivity index (χ2n) is 4.13. The quantitative estimate of drug-likeness (QED) is 0.755. The fourth-order valence-corrected chi connectivity index (χ4v) is 2.16. The van der Waals surface area contributed by atoms with E-state index >= 15 is 0 Å². The van der Waals surface area contributed by atoms with E-state index in [9.17, 15) is 4.79 Å². The average Bonchev–Trinajstić information content (AvgIpc) is 2.87. The maximum absolute atomic E-state index is 12.0. The number of aromatic nitrogens is 2. The molecule has 1 aliphatic carbocycles. The van der Waals surface area contributed by atoms with E-state index in [0.29, 0.717) is 12.2 Å². The monoisotopic (exact) mass is 207 g/mol. The van der Waals surface area contributed by atoms with Gasteiger partial charge in [-0.15, -0.1) is 0 Å². The lowest BCUT2D eigenvalue weighted by Crippen LogP contribution is -2.12. The summed E-state index contributed by atoms with van der Waals surface area (Å²) in [6.07, 6.45) is 7.92. The number of nitrogens with zero attached hydrogens (tertiary/aromatic N) is 2. The Kier molecular flexibility index (Phi) is 3.16. The van der Waals surface area contributed by atoms with Crippen LogP contribution in [0.25, 0.3) is 0 Å². The van der Waals surface area contributed by atoms with Crippen molar-refractivity contribution in [1.29, 1.82) is 0 Å². The second-order valence-corrected chi connectivity index (χ2v) is 4.13. The number of ketones is 1. The van der Waals surface area contributed by atoms with Gasteiger partial charge in [-0.2, -0.15) is 0 Å². The Morgan fingerprint density at radius 3 is 2.93 bits per heavy atom. The zero-order chi connectivity index (χ0) is 10.7. The highest BCUT2D eigenvalue weighted by molar-refractivity contribution is 5.96. The van der Waals surface area contributed by atoms with E-state index in [2.05, 4.69) is 4.98 Å². The Morgan fingerprint density at radius 2 is 2.27 bits per heavy atom. The predicted octanol–water partition coefficient (Wildman–Crippen LogP) is 1.21. The van der Waals surface area contributed by atoms with Crippen LogP contribution in [-0.2, 0) is 6.54 Å². The fourth-order valence-electron chi connectivity index (χ4n) is 2.16. The Bertz CT molecular complexity index is 339. The van der Waals surface area contributed by atoms with Crippen LogP contribution in [0.3, 0.4) is 0 Å². The molecule has 1 aromatic rings. The minimum absolute atomic E-state index is 0.211. The number of hydrogen-bond donors (Lipinski definition) is 1. The molecule has 1 heterocycles. The molecule has 0 atom stereocenters. The number of carbonyl (C=O) groups is 1. The van der Waals surface area contributed by atoms with Crippen molar-refractivity contribution >= 4 is 5.78 Å². The Labute approximate surface area is 89.5 Å². The van der Waals surface area contributed by atoms with E-state index in [4.69, 9.17) is 5.73 Å². The van der Waals surface area contributed by atoms with Gasteiger partial charge in [0.05, 0.1) is 6.33 Å².